The monoisotopic (exact) mass is 291 g/mol. The molecule has 104 valence electrons. The fraction of sp³-hybridized carbons (Fsp3) is 0.214. The molecule has 0 aliphatic rings. The van der Waals surface area contributed by atoms with Gasteiger partial charge in [0.05, 0.1) is 5.02 Å². The molecule has 5 nitrogen and oxygen atoms in total. The molecule has 20 heavy (non-hydrogen) atoms. The summed E-state index contributed by atoms with van der Waals surface area (Å²) in [4.78, 5) is 31.7. The first-order valence-electron chi connectivity index (χ1n) is 6.10. The maximum absolute atomic E-state index is 12.2. The van der Waals surface area contributed by atoms with E-state index in [2.05, 4.69) is 9.97 Å². The number of nitrogens with zero attached hydrogens (tertiary/aromatic N) is 2. The highest BCUT2D eigenvalue weighted by Gasteiger charge is 2.15. The summed E-state index contributed by atoms with van der Waals surface area (Å²) in [5.41, 5.74) is 0.699. The molecule has 0 saturated heterocycles. The Morgan fingerprint density at radius 1 is 1.40 bits per heavy atom. The summed E-state index contributed by atoms with van der Waals surface area (Å²) < 4.78 is 0. The molecular weight excluding hydrogens is 278 g/mol. The van der Waals surface area contributed by atoms with Gasteiger partial charge in [0.2, 0.25) is 0 Å². The van der Waals surface area contributed by atoms with E-state index in [0.29, 0.717) is 18.0 Å². The molecule has 0 unspecified atom stereocenters. The van der Waals surface area contributed by atoms with Crippen LogP contribution in [0.1, 0.15) is 15.9 Å². The van der Waals surface area contributed by atoms with E-state index >= 15 is 0 Å². The predicted octanol–water partition coefficient (Wildman–Crippen LogP) is 1.74. The number of pyridine rings is 2. The Morgan fingerprint density at radius 3 is 2.80 bits per heavy atom. The van der Waals surface area contributed by atoms with Crippen molar-refractivity contribution < 1.29 is 4.79 Å². The maximum Gasteiger partial charge on any atom is 0.260 e. The Bertz CT molecular complexity index is 655. The van der Waals surface area contributed by atoms with Crippen LogP contribution in [0, 0.1) is 0 Å². The Hall–Kier alpha value is -2.14. The van der Waals surface area contributed by atoms with Gasteiger partial charge in [-0.3, -0.25) is 14.6 Å². The van der Waals surface area contributed by atoms with Crippen molar-refractivity contribution in [1.82, 2.24) is 14.9 Å². The van der Waals surface area contributed by atoms with E-state index in [4.69, 9.17) is 11.6 Å². The van der Waals surface area contributed by atoms with Crippen molar-refractivity contribution >= 4 is 17.5 Å². The highest BCUT2D eigenvalue weighted by atomic mass is 35.5. The molecule has 6 heteroatoms. The molecule has 0 aliphatic carbocycles. The summed E-state index contributed by atoms with van der Waals surface area (Å²) in [7, 11) is 1.66. The second-order valence-corrected chi connectivity index (χ2v) is 4.83. The molecule has 0 atom stereocenters. The number of halogens is 1. The lowest BCUT2D eigenvalue weighted by Gasteiger charge is -2.16. The first-order valence-corrected chi connectivity index (χ1v) is 6.48. The van der Waals surface area contributed by atoms with Crippen LogP contribution < -0.4 is 5.56 Å². The summed E-state index contributed by atoms with van der Waals surface area (Å²) in [6.45, 7) is 0.509. The van der Waals surface area contributed by atoms with Crippen molar-refractivity contribution in [2.75, 3.05) is 13.6 Å². The van der Waals surface area contributed by atoms with Gasteiger partial charge in [0.25, 0.3) is 11.5 Å². The van der Waals surface area contributed by atoms with Gasteiger partial charge in [-0.1, -0.05) is 11.6 Å². The van der Waals surface area contributed by atoms with E-state index in [-0.39, 0.29) is 11.5 Å². The van der Waals surface area contributed by atoms with Crippen LogP contribution in [0.4, 0.5) is 0 Å². The van der Waals surface area contributed by atoms with Gasteiger partial charge in [-0.15, -0.1) is 0 Å². The molecule has 0 spiro atoms. The quantitative estimate of drug-likeness (QED) is 0.933. The summed E-state index contributed by atoms with van der Waals surface area (Å²) in [5.74, 6) is -0.345. The molecule has 0 fully saturated rings. The van der Waals surface area contributed by atoms with Crippen molar-refractivity contribution in [3.05, 3.63) is 63.3 Å². The third-order valence-corrected chi connectivity index (χ3v) is 3.15. The van der Waals surface area contributed by atoms with Crippen molar-refractivity contribution in [1.29, 1.82) is 0 Å². The summed E-state index contributed by atoms with van der Waals surface area (Å²) in [5, 5.41) is 0.329. The van der Waals surface area contributed by atoms with Crippen LogP contribution in [0.25, 0.3) is 0 Å². The van der Waals surface area contributed by atoms with Gasteiger partial charge in [-0.25, -0.2) is 0 Å². The molecule has 1 N–H and O–H groups in total. The number of likely N-dealkylation sites (N-methyl/N-ethyl adjacent to an activating group) is 1. The van der Waals surface area contributed by atoms with Gasteiger partial charge < -0.3 is 9.88 Å². The third-order valence-electron chi connectivity index (χ3n) is 2.93. The van der Waals surface area contributed by atoms with Crippen molar-refractivity contribution in [2.45, 2.75) is 6.42 Å². The van der Waals surface area contributed by atoms with Crippen LogP contribution in [0.5, 0.6) is 0 Å². The predicted molar refractivity (Wildman–Crippen MR) is 77.0 cm³/mol. The summed E-state index contributed by atoms with van der Waals surface area (Å²) >= 11 is 5.79. The molecule has 0 bridgehead atoms. The normalized spacial score (nSPS) is 10.3. The Labute approximate surface area is 121 Å². The average molecular weight is 292 g/mol. The van der Waals surface area contributed by atoms with Gasteiger partial charge in [0.15, 0.2) is 0 Å². The average Bonchev–Trinajstić information content (AvgIpc) is 2.47. The zero-order chi connectivity index (χ0) is 14.5. The number of amides is 1. The molecule has 0 aromatic carbocycles. The van der Waals surface area contributed by atoms with Crippen molar-refractivity contribution in [3.63, 3.8) is 0 Å². The number of H-pyrrole nitrogens is 1. The molecule has 2 aromatic heterocycles. The Balaban J connectivity index is 2.05. The minimum atomic E-state index is -0.435. The maximum atomic E-state index is 12.2. The lowest BCUT2D eigenvalue weighted by molar-refractivity contribution is 0.0795. The Morgan fingerprint density at radius 2 is 2.10 bits per heavy atom. The highest BCUT2D eigenvalue weighted by Crippen LogP contribution is 2.08. The first kappa shape index (κ1) is 14.3. The van der Waals surface area contributed by atoms with Crippen LogP contribution in [-0.2, 0) is 6.42 Å². The minimum absolute atomic E-state index is 0.0507. The van der Waals surface area contributed by atoms with Crippen molar-refractivity contribution in [3.8, 4) is 0 Å². The molecule has 1 amide bonds. The van der Waals surface area contributed by atoms with Crippen LogP contribution in [0.2, 0.25) is 5.02 Å². The van der Waals surface area contributed by atoms with Gasteiger partial charge in [-0.2, -0.15) is 0 Å². The van der Waals surface area contributed by atoms with E-state index in [1.165, 1.54) is 17.2 Å². The minimum Gasteiger partial charge on any atom is -0.341 e. The molecule has 2 heterocycles. The second kappa shape index (κ2) is 6.34. The molecular formula is C14H14ClN3O2. The smallest absolute Gasteiger partial charge is 0.260 e. The van der Waals surface area contributed by atoms with E-state index in [9.17, 15) is 9.59 Å². The number of carbonyl (C=O) groups excluding carboxylic acids is 1. The lowest BCUT2D eigenvalue weighted by Crippen LogP contribution is -2.33. The first-order chi connectivity index (χ1) is 9.58. The highest BCUT2D eigenvalue weighted by molar-refractivity contribution is 6.30. The number of carbonyl (C=O) groups is 1. The molecule has 2 rings (SSSR count). The fourth-order valence-electron chi connectivity index (χ4n) is 1.77. The van der Waals surface area contributed by atoms with E-state index in [1.807, 2.05) is 12.1 Å². The zero-order valence-electron chi connectivity index (χ0n) is 11.0. The number of nitrogens with one attached hydrogen (secondary N) is 1. The number of hydrogen-bond acceptors (Lipinski definition) is 3. The van der Waals surface area contributed by atoms with Gasteiger partial charge >= 0.3 is 0 Å². The fourth-order valence-corrected chi connectivity index (χ4v) is 1.93. The van der Waals surface area contributed by atoms with Crippen LogP contribution >= 0.6 is 11.6 Å². The summed E-state index contributed by atoms with van der Waals surface area (Å²) in [6, 6.07) is 5.17. The van der Waals surface area contributed by atoms with Crippen molar-refractivity contribution in [2.24, 2.45) is 0 Å². The number of aromatic amines is 1. The van der Waals surface area contributed by atoms with Gasteiger partial charge in [-0.05, 0) is 30.2 Å². The molecule has 2 aromatic rings. The largest absolute Gasteiger partial charge is 0.341 e. The number of aromatic nitrogens is 2. The van der Waals surface area contributed by atoms with E-state index < -0.39 is 5.56 Å². The molecule has 0 aliphatic heterocycles. The second-order valence-electron chi connectivity index (χ2n) is 4.39. The lowest BCUT2D eigenvalue weighted by atomic mass is 10.2. The van der Waals surface area contributed by atoms with Crippen LogP contribution in [-0.4, -0.2) is 34.4 Å². The Kier molecular flexibility index (Phi) is 4.53. The van der Waals surface area contributed by atoms with Gasteiger partial charge in [0.1, 0.15) is 5.56 Å². The SMILES string of the molecule is CN(CCc1ccncc1)C(=O)c1cc(Cl)c[nH]c1=O. The van der Waals surface area contributed by atoms with E-state index in [1.54, 1.807) is 19.4 Å². The van der Waals surface area contributed by atoms with Crippen LogP contribution in [0.15, 0.2) is 41.6 Å². The standard InChI is InChI=1S/C14H14ClN3O2/c1-18(7-4-10-2-5-16-6-3-10)14(20)12-8-11(15)9-17-13(12)19/h2-3,5-6,8-9H,4,7H2,1H3,(H,17,19). The van der Waals surface area contributed by atoms with E-state index in [0.717, 1.165) is 5.56 Å². The molecule has 0 radical (unpaired) electrons. The third kappa shape index (κ3) is 3.45. The molecule has 0 saturated carbocycles. The number of hydrogen-bond donors (Lipinski definition) is 1. The topological polar surface area (TPSA) is 66.1 Å². The summed E-state index contributed by atoms with van der Waals surface area (Å²) in [6.07, 6.45) is 5.47. The van der Waals surface area contributed by atoms with Crippen LogP contribution in [0.3, 0.4) is 0 Å². The van der Waals surface area contributed by atoms with Gasteiger partial charge in [0, 0.05) is 32.2 Å². The number of rotatable bonds is 4. The zero-order valence-corrected chi connectivity index (χ0v) is 11.7.